The summed E-state index contributed by atoms with van der Waals surface area (Å²) in [6.07, 6.45) is 2.94. The summed E-state index contributed by atoms with van der Waals surface area (Å²) in [5.74, 6) is -2.80. The number of fused-ring (bicyclic) bond motifs is 1. The zero-order chi connectivity index (χ0) is 14.3. The molecule has 0 N–H and O–H groups in total. The van der Waals surface area contributed by atoms with Crippen LogP contribution in [-0.2, 0) is 4.74 Å². The topological polar surface area (TPSA) is 59.7 Å². The zero-order valence-corrected chi connectivity index (χ0v) is 10.7. The van der Waals surface area contributed by atoms with Crippen molar-refractivity contribution < 1.29 is 18.3 Å². The second kappa shape index (κ2) is 4.39. The van der Waals surface area contributed by atoms with Crippen LogP contribution in [0.1, 0.15) is 17.3 Å². The number of anilines is 1. The van der Waals surface area contributed by atoms with E-state index in [0.717, 1.165) is 0 Å². The van der Waals surface area contributed by atoms with Gasteiger partial charge in [0.1, 0.15) is 11.4 Å². The van der Waals surface area contributed by atoms with Crippen LogP contribution in [0, 0.1) is 0 Å². The summed E-state index contributed by atoms with van der Waals surface area (Å²) < 4.78 is 32.1. The van der Waals surface area contributed by atoms with Gasteiger partial charge in [-0.25, -0.2) is 23.1 Å². The summed E-state index contributed by atoms with van der Waals surface area (Å²) in [5.41, 5.74) is 0.525. The summed E-state index contributed by atoms with van der Waals surface area (Å²) in [4.78, 5) is 17.4. The van der Waals surface area contributed by atoms with Gasteiger partial charge in [-0.2, -0.15) is 5.10 Å². The lowest BCUT2D eigenvalue weighted by molar-refractivity contribution is -0.0267. The maximum absolute atomic E-state index is 12.9. The third kappa shape index (κ3) is 2.06. The van der Waals surface area contributed by atoms with Crippen LogP contribution in [0.15, 0.2) is 18.5 Å². The number of rotatable bonds is 3. The minimum atomic E-state index is -2.67. The number of hydrogen-bond acceptors (Lipinski definition) is 5. The first-order chi connectivity index (χ1) is 9.50. The van der Waals surface area contributed by atoms with Gasteiger partial charge < -0.3 is 9.64 Å². The Labute approximate surface area is 113 Å². The largest absolute Gasteiger partial charge is 0.462 e. The lowest BCUT2D eigenvalue weighted by atomic mass is 10.1. The van der Waals surface area contributed by atoms with Crippen molar-refractivity contribution in [2.45, 2.75) is 12.8 Å². The molecular weight excluding hydrogens is 270 g/mol. The Balaban J connectivity index is 1.93. The zero-order valence-electron chi connectivity index (χ0n) is 10.7. The number of halogens is 2. The van der Waals surface area contributed by atoms with Crippen LogP contribution in [0.2, 0.25) is 0 Å². The number of nitrogens with zero attached hydrogens (tertiary/aromatic N) is 4. The van der Waals surface area contributed by atoms with E-state index in [-0.39, 0.29) is 25.3 Å². The first kappa shape index (κ1) is 12.8. The molecule has 1 fully saturated rings. The molecule has 0 aromatic carbocycles. The van der Waals surface area contributed by atoms with Crippen LogP contribution >= 0.6 is 0 Å². The highest BCUT2D eigenvalue weighted by atomic mass is 19.3. The van der Waals surface area contributed by atoms with Crippen LogP contribution in [-0.4, -0.2) is 46.2 Å². The number of alkyl halides is 2. The van der Waals surface area contributed by atoms with Crippen molar-refractivity contribution in [2.75, 3.05) is 24.6 Å². The second-order valence-corrected chi connectivity index (χ2v) is 4.54. The Morgan fingerprint density at radius 3 is 2.90 bits per heavy atom. The Morgan fingerprint density at radius 1 is 1.50 bits per heavy atom. The predicted molar refractivity (Wildman–Crippen MR) is 66.1 cm³/mol. The number of carbonyl (C=O) groups excluding carboxylic acids is 1. The molecule has 0 radical (unpaired) electrons. The molecule has 106 valence electrons. The van der Waals surface area contributed by atoms with Crippen molar-refractivity contribution in [2.24, 2.45) is 0 Å². The average molecular weight is 282 g/mol. The SMILES string of the molecule is CCOC(=O)c1cnn2ccc(N3CC(F)(F)C3)nc12. The molecule has 2 aromatic heterocycles. The standard InChI is InChI=1S/C12H12F2N4O2/c1-2-20-11(19)8-5-15-18-4-3-9(16-10(8)18)17-6-12(13,14)7-17/h3-5H,2,6-7H2,1H3. The smallest absolute Gasteiger partial charge is 0.343 e. The second-order valence-electron chi connectivity index (χ2n) is 4.54. The van der Waals surface area contributed by atoms with E-state index >= 15 is 0 Å². The molecule has 1 aliphatic heterocycles. The minimum absolute atomic E-state index is 0.223. The molecule has 20 heavy (non-hydrogen) atoms. The Bertz CT molecular complexity index is 663. The van der Waals surface area contributed by atoms with Gasteiger partial charge in [0.15, 0.2) is 5.65 Å². The van der Waals surface area contributed by atoms with E-state index in [9.17, 15) is 13.6 Å². The Hall–Kier alpha value is -2.25. The molecule has 0 saturated carbocycles. The van der Waals surface area contributed by atoms with Gasteiger partial charge in [0.25, 0.3) is 5.92 Å². The quantitative estimate of drug-likeness (QED) is 0.796. The van der Waals surface area contributed by atoms with Gasteiger partial charge in [-0.05, 0) is 13.0 Å². The molecule has 0 amide bonds. The molecule has 2 aromatic rings. The Kier molecular flexibility index (Phi) is 2.81. The molecule has 0 unspecified atom stereocenters. The van der Waals surface area contributed by atoms with Gasteiger partial charge in [0.05, 0.1) is 25.9 Å². The molecule has 0 spiro atoms. The van der Waals surface area contributed by atoms with Crippen LogP contribution in [0.25, 0.3) is 5.65 Å². The maximum atomic E-state index is 12.9. The summed E-state index contributed by atoms with van der Waals surface area (Å²) in [5, 5.41) is 3.98. The number of aromatic nitrogens is 3. The van der Waals surface area contributed by atoms with Gasteiger partial charge in [-0.15, -0.1) is 0 Å². The fraction of sp³-hybridized carbons (Fsp3) is 0.417. The van der Waals surface area contributed by atoms with Crippen LogP contribution in [0.3, 0.4) is 0 Å². The van der Waals surface area contributed by atoms with Gasteiger partial charge in [0.2, 0.25) is 0 Å². The number of carbonyl (C=O) groups is 1. The van der Waals surface area contributed by atoms with Gasteiger partial charge in [-0.1, -0.05) is 0 Å². The van der Waals surface area contributed by atoms with Crippen molar-refractivity contribution in [3.8, 4) is 0 Å². The highest BCUT2D eigenvalue weighted by molar-refractivity contribution is 5.95. The van der Waals surface area contributed by atoms with Crippen LogP contribution < -0.4 is 4.90 Å². The van der Waals surface area contributed by atoms with Crippen molar-refractivity contribution in [1.82, 2.24) is 14.6 Å². The third-order valence-corrected chi connectivity index (χ3v) is 3.02. The van der Waals surface area contributed by atoms with Gasteiger partial charge >= 0.3 is 5.97 Å². The maximum Gasteiger partial charge on any atom is 0.343 e. The van der Waals surface area contributed by atoms with E-state index < -0.39 is 11.9 Å². The molecule has 0 bridgehead atoms. The molecule has 6 nitrogen and oxygen atoms in total. The highest BCUT2D eigenvalue weighted by Crippen LogP contribution is 2.30. The number of ether oxygens (including phenoxy) is 1. The summed E-state index contributed by atoms with van der Waals surface area (Å²) >= 11 is 0. The lowest BCUT2D eigenvalue weighted by Crippen LogP contribution is -2.56. The van der Waals surface area contributed by atoms with Crippen LogP contribution in [0.4, 0.5) is 14.6 Å². The molecule has 1 aliphatic rings. The van der Waals surface area contributed by atoms with Crippen molar-refractivity contribution in [3.63, 3.8) is 0 Å². The fourth-order valence-electron chi connectivity index (χ4n) is 2.06. The molecule has 3 rings (SSSR count). The average Bonchev–Trinajstić information content (AvgIpc) is 2.78. The molecule has 8 heteroatoms. The summed E-state index contributed by atoms with van der Waals surface area (Å²) in [7, 11) is 0. The van der Waals surface area contributed by atoms with E-state index in [1.165, 1.54) is 15.6 Å². The molecular formula is C12H12F2N4O2. The lowest BCUT2D eigenvalue weighted by Gasteiger charge is -2.39. The third-order valence-electron chi connectivity index (χ3n) is 3.02. The van der Waals surface area contributed by atoms with E-state index in [0.29, 0.717) is 11.5 Å². The summed E-state index contributed by atoms with van der Waals surface area (Å²) in [6, 6.07) is 1.59. The fourth-order valence-corrected chi connectivity index (χ4v) is 2.06. The minimum Gasteiger partial charge on any atom is -0.462 e. The number of hydrogen-bond donors (Lipinski definition) is 0. The van der Waals surface area contributed by atoms with E-state index in [1.807, 2.05) is 0 Å². The summed E-state index contributed by atoms with van der Waals surface area (Å²) in [6.45, 7) is 1.22. The van der Waals surface area contributed by atoms with E-state index in [2.05, 4.69) is 10.1 Å². The molecule has 3 heterocycles. The first-order valence-corrected chi connectivity index (χ1v) is 6.14. The number of esters is 1. The van der Waals surface area contributed by atoms with Crippen molar-refractivity contribution >= 4 is 17.4 Å². The van der Waals surface area contributed by atoms with Crippen molar-refractivity contribution in [1.29, 1.82) is 0 Å². The molecule has 0 atom stereocenters. The van der Waals surface area contributed by atoms with Crippen LogP contribution in [0.5, 0.6) is 0 Å². The monoisotopic (exact) mass is 282 g/mol. The van der Waals surface area contributed by atoms with E-state index in [4.69, 9.17) is 4.74 Å². The molecule has 1 saturated heterocycles. The van der Waals surface area contributed by atoms with Crippen molar-refractivity contribution in [3.05, 3.63) is 24.0 Å². The normalized spacial score (nSPS) is 17.1. The highest BCUT2D eigenvalue weighted by Gasteiger charge is 2.44. The van der Waals surface area contributed by atoms with E-state index in [1.54, 1.807) is 19.2 Å². The van der Waals surface area contributed by atoms with Gasteiger partial charge in [0, 0.05) is 6.20 Å². The predicted octanol–water partition coefficient (Wildman–Crippen LogP) is 1.36. The Morgan fingerprint density at radius 2 is 2.25 bits per heavy atom. The van der Waals surface area contributed by atoms with Gasteiger partial charge in [-0.3, -0.25) is 0 Å². The first-order valence-electron chi connectivity index (χ1n) is 6.14. The molecule has 0 aliphatic carbocycles.